The molecule has 0 radical (unpaired) electrons. The Labute approximate surface area is 95.3 Å². The Morgan fingerprint density at radius 1 is 1.40 bits per heavy atom. The molecule has 0 fully saturated rings. The third-order valence-electron chi connectivity index (χ3n) is 3.64. The van der Waals surface area contributed by atoms with Gasteiger partial charge < -0.3 is 0 Å². The Hall–Kier alpha value is -0.820. The summed E-state index contributed by atoms with van der Waals surface area (Å²) < 4.78 is 0. The van der Waals surface area contributed by atoms with E-state index in [2.05, 4.69) is 43.5 Å². The molecule has 0 aromatic carbocycles. The van der Waals surface area contributed by atoms with Crippen LogP contribution in [0.4, 0.5) is 0 Å². The Morgan fingerprint density at radius 2 is 2.27 bits per heavy atom. The highest BCUT2D eigenvalue weighted by Crippen LogP contribution is 2.48. The van der Waals surface area contributed by atoms with Gasteiger partial charge in [0, 0.05) is 10.8 Å². The molecule has 2 aliphatic rings. The van der Waals surface area contributed by atoms with Crippen molar-refractivity contribution in [2.45, 2.75) is 26.2 Å². The number of fused-ring (bicyclic) bond motifs is 3. The van der Waals surface area contributed by atoms with E-state index in [0.717, 1.165) is 5.92 Å². The summed E-state index contributed by atoms with van der Waals surface area (Å²) in [6.07, 6.45) is 8.24. The Balaban J connectivity index is 2.07. The summed E-state index contributed by atoms with van der Waals surface area (Å²) in [5.41, 5.74) is 3.23. The lowest BCUT2D eigenvalue weighted by Crippen LogP contribution is -2.14. The molecule has 78 valence electrons. The minimum Gasteiger partial charge on any atom is -0.149 e. The lowest BCUT2D eigenvalue weighted by atomic mass is 9.78. The lowest BCUT2D eigenvalue weighted by Gasteiger charge is -2.26. The van der Waals surface area contributed by atoms with E-state index in [9.17, 15) is 0 Å². The van der Waals surface area contributed by atoms with Gasteiger partial charge in [0.25, 0.3) is 0 Å². The Morgan fingerprint density at radius 3 is 3.07 bits per heavy atom. The molecule has 0 bridgehead atoms. The summed E-state index contributed by atoms with van der Waals surface area (Å²) in [5.74, 6) is 2.11. The van der Waals surface area contributed by atoms with E-state index in [1.54, 1.807) is 16.0 Å². The molecule has 1 heterocycles. The topological polar surface area (TPSA) is 0 Å². The smallest absolute Gasteiger partial charge is 0.0131 e. The highest BCUT2D eigenvalue weighted by molar-refractivity contribution is 7.10. The van der Waals surface area contributed by atoms with Crippen molar-refractivity contribution in [3.63, 3.8) is 0 Å². The molecular formula is C14H16S. The molecule has 0 spiro atoms. The molecule has 2 aliphatic carbocycles. The molecule has 0 saturated heterocycles. The van der Waals surface area contributed by atoms with Gasteiger partial charge in [0.15, 0.2) is 0 Å². The fourth-order valence-electron chi connectivity index (χ4n) is 2.93. The second-order valence-corrected chi connectivity index (χ2v) is 5.85. The van der Waals surface area contributed by atoms with Gasteiger partial charge in [-0.15, -0.1) is 11.3 Å². The van der Waals surface area contributed by atoms with Crippen LogP contribution in [0.25, 0.3) is 0 Å². The van der Waals surface area contributed by atoms with Crippen LogP contribution in [0.1, 0.15) is 30.2 Å². The van der Waals surface area contributed by atoms with Gasteiger partial charge in [-0.2, -0.15) is 0 Å². The lowest BCUT2D eigenvalue weighted by molar-refractivity contribution is 0.549. The Bertz CT molecular complexity index is 434. The van der Waals surface area contributed by atoms with Gasteiger partial charge in [0.05, 0.1) is 0 Å². The fraction of sp³-hybridized carbons (Fsp3) is 0.429. The zero-order valence-electron chi connectivity index (χ0n) is 9.23. The van der Waals surface area contributed by atoms with Crippen molar-refractivity contribution < 1.29 is 0 Å². The summed E-state index contributed by atoms with van der Waals surface area (Å²) in [6, 6.07) is 2.33. The molecule has 15 heavy (non-hydrogen) atoms. The molecule has 1 aromatic heterocycles. The summed E-state index contributed by atoms with van der Waals surface area (Å²) in [6.45, 7) is 4.62. The van der Waals surface area contributed by atoms with Gasteiger partial charge in [-0.05, 0) is 35.3 Å². The molecule has 0 N–H and O–H groups in total. The van der Waals surface area contributed by atoms with E-state index < -0.39 is 0 Å². The second kappa shape index (κ2) is 3.34. The van der Waals surface area contributed by atoms with Gasteiger partial charge >= 0.3 is 0 Å². The third kappa shape index (κ3) is 1.33. The minimum absolute atomic E-state index is 0.674. The largest absolute Gasteiger partial charge is 0.149 e. The van der Waals surface area contributed by atoms with Crippen LogP contribution in [0, 0.1) is 11.8 Å². The Kier molecular flexibility index (Phi) is 2.10. The summed E-state index contributed by atoms with van der Waals surface area (Å²) >= 11 is 1.93. The molecule has 0 nitrogen and oxygen atoms in total. The summed E-state index contributed by atoms with van der Waals surface area (Å²) in [5, 5.41) is 2.25. The van der Waals surface area contributed by atoms with E-state index in [-0.39, 0.29) is 0 Å². The molecule has 2 atom stereocenters. The van der Waals surface area contributed by atoms with Crippen molar-refractivity contribution >= 4 is 11.3 Å². The van der Waals surface area contributed by atoms with Crippen LogP contribution in [-0.2, 0) is 6.42 Å². The average Bonchev–Trinajstić information content (AvgIpc) is 2.75. The molecule has 3 rings (SSSR count). The fourth-order valence-corrected chi connectivity index (χ4v) is 3.93. The number of rotatable bonds is 1. The van der Waals surface area contributed by atoms with E-state index in [1.807, 2.05) is 11.3 Å². The number of hydrogen-bond acceptors (Lipinski definition) is 1. The van der Waals surface area contributed by atoms with Crippen LogP contribution < -0.4 is 0 Å². The van der Waals surface area contributed by atoms with Crippen molar-refractivity contribution in [2.24, 2.45) is 11.8 Å². The molecular weight excluding hydrogens is 200 g/mol. The van der Waals surface area contributed by atoms with Crippen LogP contribution in [0.15, 0.2) is 35.2 Å². The molecule has 0 aliphatic heterocycles. The third-order valence-corrected chi connectivity index (χ3v) is 4.60. The van der Waals surface area contributed by atoms with Gasteiger partial charge in [0.2, 0.25) is 0 Å². The van der Waals surface area contributed by atoms with E-state index in [4.69, 9.17) is 0 Å². The van der Waals surface area contributed by atoms with Gasteiger partial charge in [-0.25, -0.2) is 0 Å². The maximum atomic E-state index is 2.39. The van der Waals surface area contributed by atoms with Crippen LogP contribution in [0.2, 0.25) is 0 Å². The zero-order valence-corrected chi connectivity index (χ0v) is 10.1. The molecule has 0 saturated carbocycles. The summed E-state index contributed by atoms with van der Waals surface area (Å²) in [7, 11) is 0. The predicted molar refractivity (Wildman–Crippen MR) is 66.3 cm³/mol. The van der Waals surface area contributed by atoms with Gasteiger partial charge in [-0.3, -0.25) is 0 Å². The highest BCUT2D eigenvalue weighted by atomic mass is 32.1. The maximum absolute atomic E-state index is 2.39. The van der Waals surface area contributed by atoms with Crippen molar-refractivity contribution in [3.05, 3.63) is 45.7 Å². The number of allylic oxidation sites excluding steroid dienone is 4. The van der Waals surface area contributed by atoms with Crippen molar-refractivity contribution in [2.75, 3.05) is 0 Å². The first-order valence-electron chi connectivity index (χ1n) is 5.72. The predicted octanol–water partition coefficient (Wildman–Crippen LogP) is 4.16. The van der Waals surface area contributed by atoms with Crippen molar-refractivity contribution in [1.82, 2.24) is 0 Å². The van der Waals surface area contributed by atoms with Crippen molar-refractivity contribution in [1.29, 1.82) is 0 Å². The van der Waals surface area contributed by atoms with Crippen molar-refractivity contribution in [3.8, 4) is 0 Å². The first-order valence-corrected chi connectivity index (χ1v) is 6.60. The van der Waals surface area contributed by atoms with E-state index in [0.29, 0.717) is 11.8 Å². The monoisotopic (exact) mass is 216 g/mol. The molecule has 0 amide bonds. The highest BCUT2D eigenvalue weighted by Gasteiger charge is 2.35. The average molecular weight is 216 g/mol. The SMILES string of the molecule is CC(C)C1=CC=CC2Cc3sccc3C12. The summed E-state index contributed by atoms with van der Waals surface area (Å²) in [4.78, 5) is 1.61. The first-order chi connectivity index (χ1) is 7.27. The van der Waals surface area contributed by atoms with Gasteiger partial charge in [0.1, 0.15) is 0 Å². The molecule has 1 aromatic rings. The normalized spacial score (nSPS) is 27.8. The van der Waals surface area contributed by atoms with E-state index in [1.165, 1.54) is 6.42 Å². The van der Waals surface area contributed by atoms with Crippen LogP contribution >= 0.6 is 11.3 Å². The standard InChI is InChI=1S/C14H16S/c1-9(2)11-5-3-4-10-8-13-12(14(10)11)6-7-15-13/h3-7,9-10,14H,8H2,1-2H3. The van der Waals surface area contributed by atoms with Crippen LogP contribution in [-0.4, -0.2) is 0 Å². The quantitative estimate of drug-likeness (QED) is 0.661. The molecule has 1 heteroatoms. The second-order valence-electron chi connectivity index (χ2n) is 4.85. The number of hydrogen-bond donors (Lipinski definition) is 0. The van der Waals surface area contributed by atoms with Crippen LogP contribution in [0.5, 0.6) is 0 Å². The van der Waals surface area contributed by atoms with Gasteiger partial charge in [-0.1, -0.05) is 37.6 Å². The van der Waals surface area contributed by atoms with E-state index >= 15 is 0 Å². The zero-order chi connectivity index (χ0) is 10.4. The number of thiophene rings is 1. The van der Waals surface area contributed by atoms with Crippen LogP contribution in [0.3, 0.4) is 0 Å². The minimum atomic E-state index is 0.674. The first kappa shape index (κ1) is 9.41. The maximum Gasteiger partial charge on any atom is 0.0131 e. The molecule has 2 unspecified atom stereocenters.